The van der Waals surface area contributed by atoms with E-state index in [0.717, 1.165) is 26.1 Å². The fourth-order valence-corrected chi connectivity index (χ4v) is 1.78. The number of carbonyl (C=O) groups excluding carboxylic acids is 1. The van der Waals surface area contributed by atoms with Crippen molar-refractivity contribution < 1.29 is 22.3 Å². The second kappa shape index (κ2) is 14.7. The summed E-state index contributed by atoms with van der Waals surface area (Å²) in [5.74, 6) is -2.10. The van der Waals surface area contributed by atoms with Gasteiger partial charge in [-0.2, -0.15) is 0 Å². The van der Waals surface area contributed by atoms with Gasteiger partial charge < -0.3 is 12.7 Å². The van der Waals surface area contributed by atoms with Gasteiger partial charge in [0.2, 0.25) is 0 Å². The van der Waals surface area contributed by atoms with Gasteiger partial charge in [-0.15, -0.1) is 0 Å². The summed E-state index contributed by atoms with van der Waals surface area (Å²) in [5, 5.41) is 8.32. The number of Topliss-reactive ketones (excluding diaryl/α,β-unsaturated/α-hetero) is 1. The predicted molar refractivity (Wildman–Crippen MR) is 70.3 cm³/mol. The lowest BCUT2D eigenvalue weighted by molar-refractivity contribution is -0.145. The van der Waals surface area contributed by atoms with E-state index in [4.69, 9.17) is 12.7 Å². The first-order valence-corrected chi connectivity index (χ1v) is 7.23. The largest absolute Gasteiger partial charge is 0.668 e. The van der Waals surface area contributed by atoms with Crippen LogP contribution in [0.1, 0.15) is 47.0 Å². The Kier molecular flexibility index (Phi) is 16.2. The van der Waals surface area contributed by atoms with Gasteiger partial charge in [0, 0.05) is 13.2 Å². The van der Waals surface area contributed by atoms with Gasteiger partial charge in [-0.05, 0) is 26.2 Å². The average molecular weight is 275 g/mol. The van der Waals surface area contributed by atoms with Crippen LogP contribution in [0.25, 0.3) is 0 Å². The standard InChI is InChI=1S/C6H10O3.2C3H7O.Al/c1-3-5(4(2)7)6(8)9;2*1-2-3-4;/h5H,3H2,1-2H3,(H,8,9);2*2-3H2,1H3;/q;2*-1;+2. The third-order valence-electron chi connectivity index (χ3n) is 1.98. The summed E-state index contributed by atoms with van der Waals surface area (Å²) >= 11 is -0.182. The van der Waals surface area contributed by atoms with E-state index in [1.54, 1.807) is 6.92 Å². The SMILES string of the molecule is CCC(C(C)=O)C(=O)O.CCC[O][Al][O]CCC. The molecule has 0 spiro atoms. The molecular weight excluding hydrogens is 251 g/mol. The number of aliphatic carboxylic acids is 1. The molecule has 0 heterocycles. The van der Waals surface area contributed by atoms with Gasteiger partial charge in [0.25, 0.3) is 0 Å². The van der Waals surface area contributed by atoms with E-state index in [0.29, 0.717) is 6.42 Å². The number of ketones is 1. The van der Waals surface area contributed by atoms with Gasteiger partial charge in [0.05, 0.1) is 0 Å². The van der Waals surface area contributed by atoms with Crippen LogP contribution in [0.2, 0.25) is 0 Å². The van der Waals surface area contributed by atoms with Gasteiger partial charge >= 0.3 is 21.9 Å². The third kappa shape index (κ3) is 13.7. The van der Waals surface area contributed by atoms with Crippen molar-refractivity contribution in [2.45, 2.75) is 47.0 Å². The molecule has 105 valence electrons. The van der Waals surface area contributed by atoms with Gasteiger partial charge in [-0.3, -0.25) is 9.59 Å². The molecule has 0 aliphatic heterocycles. The van der Waals surface area contributed by atoms with Crippen LogP contribution in [0.15, 0.2) is 0 Å². The van der Waals surface area contributed by atoms with E-state index >= 15 is 0 Å². The molecule has 5 nitrogen and oxygen atoms in total. The summed E-state index contributed by atoms with van der Waals surface area (Å²) < 4.78 is 10.3. The van der Waals surface area contributed by atoms with Gasteiger partial charge in [-0.1, -0.05) is 20.8 Å². The Balaban J connectivity index is 0. The van der Waals surface area contributed by atoms with Crippen molar-refractivity contribution in [2.24, 2.45) is 5.92 Å². The molecule has 0 saturated heterocycles. The Bertz CT molecular complexity index is 201. The summed E-state index contributed by atoms with van der Waals surface area (Å²) in [5.41, 5.74) is 0. The van der Waals surface area contributed by atoms with Crippen molar-refractivity contribution in [3.8, 4) is 0 Å². The Morgan fingerprint density at radius 1 is 1.11 bits per heavy atom. The van der Waals surface area contributed by atoms with Crippen LogP contribution in [0.4, 0.5) is 0 Å². The highest BCUT2D eigenvalue weighted by atomic mass is 27.2. The molecule has 0 aromatic carbocycles. The molecule has 1 N–H and O–H groups in total. The molecule has 0 rings (SSSR count). The van der Waals surface area contributed by atoms with E-state index in [1.807, 2.05) is 0 Å². The van der Waals surface area contributed by atoms with Crippen LogP contribution in [-0.4, -0.2) is 46.0 Å². The highest BCUT2D eigenvalue weighted by Crippen LogP contribution is 2.02. The topological polar surface area (TPSA) is 72.8 Å². The summed E-state index contributed by atoms with van der Waals surface area (Å²) in [4.78, 5) is 20.6. The first kappa shape index (κ1) is 19.9. The number of hydrogen-bond acceptors (Lipinski definition) is 4. The lowest BCUT2D eigenvalue weighted by Gasteiger charge is -2.01. The molecule has 0 amide bonds. The highest BCUT2D eigenvalue weighted by molar-refractivity contribution is 6.17. The second-order valence-electron chi connectivity index (χ2n) is 3.75. The van der Waals surface area contributed by atoms with Crippen LogP contribution < -0.4 is 0 Å². The first-order valence-electron chi connectivity index (χ1n) is 6.29. The third-order valence-corrected chi connectivity index (χ3v) is 2.72. The van der Waals surface area contributed by atoms with Crippen molar-refractivity contribution >= 4 is 27.6 Å². The Hall–Kier alpha value is -0.408. The Morgan fingerprint density at radius 3 is 1.72 bits per heavy atom. The van der Waals surface area contributed by atoms with E-state index in [2.05, 4.69) is 13.8 Å². The molecule has 1 radical (unpaired) electrons. The zero-order valence-corrected chi connectivity index (χ0v) is 12.9. The summed E-state index contributed by atoms with van der Waals surface area (Å²) in [6, 6.07) is 0. The Morgan fingerprint density at radius 2 is 1.56 bits per heavy atom. The molecule has 18 heavy (non-hydrogen) atoms. The minimum absolute atomic E-state index is 0.182. The van der Waals surface area contributed by atoms with Gasteiger partial charge in [-0.25, -0.2) is 0 Å². The molecule has 0 aliphatic rings. The van der Waals surface area contributed by atoms with E-state index in [1.165, 1.54) is 6.92 Å². The van der Waals surface area contributed by atoms with Crippen LogP contribution in [0.3, 0.4) is 0 Å². The second-order valence-corrected chi connectivity index (χ2v) is 4.61. The molecule has 1 unspecified atom stereocenters. The molecule has 0 aromatic heterocycles. The summed E-state index contributed by atoms with van der Waals surface area (Å²) in [6.07, 6.45) is 2.55. The molecule has 0 fully saturated rings. The lowest BCUT2D eigenvalue weighted by atomic mass is 10.0. The molecule has 0 aromatic rings. The van der Waals surface area contributed by atoms with Crippen LogP contribution in [-0.2, 0) is 17.2 Å². The maximum Gasteiger partial charge on any atom is 0.668 e. The van der Waals surface area contributed by atoms with E-state index in [9.17, 15) is 9.59 Å². The fraction of sp³-hybridized carbons (Fsp3) is 0.833. The summed E-state index contributed by atoms with van der Waals surface area (Å²) in [6.45, 7) is 8.86. The molecule has 0 aliphatic carbocycles. The average Bonchev–Trinajstić information content (AvgIpc) is 2.29. The van der Waals surface area contributed by atoms with E-state index < -0.39 is 11.9 Å². The highest BCUT2D eigenvalue weighted by Gasteiger charge is 2.19. The zero-order chi connectivity index (χ0) is 14.4. The molecule has 0 bridgehead atoms. The van der Waals surface area contributed by atoms with Crippen LogP contribution in [0, 0.1) is 5.92 Å². The maximum atomic E-state index is 10.4. The number of hydrogen-bond donors (Lipinski definition) is 1. The van der Waals surface area contributed by atoms with Crippen molar-refractivity contribution in [1.82, 2.24) is 0 Å². The predicted octanol–water partition coefficient (Wildman–Crippen LogP) is 2.06. The van der Waals surface area contributed by atoms with Crippen LogP contribution in [0.5, 0.6) is 0 Å². The number of carboxylic acid groups (broad SMARTS) is 1. The number of rotatable bonds is 9. The van der Waals surface area contributed by atoms with Crippen molar-refractivity contribution in [1.29, 1.82) is 0 Å². The van der Waals surface area contributed by atoms with Crippen molar-refractivity contribution in [3.05, 3.63) is 0 Å². The zero-order valence-electron chi connectivity index (χ0n) is 11.8. The first-order chi connectivity index (χ1) is 8.51. The number of carboxylic acids is 1. The molecule has 1 atom stereocenters. The fourth-order valence-electron chi connectivity index (χ4n) is 1.02. The molecule has 6 heteroatoms. The Labute approximate surface area is 116 Å². The van der Waals surface area contributed by atoms with Crippen LogP contribution >= 0.6 is 0 Å². The molecule has 0 saturated carbocycles. The summed E-state index contributed by atoms with van der Waals surface area (Å²) in [7, 11) is 0. The normalized spacial score (nSPS) is 11.1. The van der Waals surface area contributed by atoms with Gasteiger partial charge in [0.1, 0.15) is 11.7 Å². The molecular formula is C12H24AlO5. The minimum atomic E-state index is -1.02. The lowest BCUT2D eigenvalue weighted by Crippen LogP contribution is -2.19. The van der Waals surface area contributed by atoms with Crippen molar-refractivity contribution in [3.63, 3.8) is 0 Å². The monoisotopic (exact) mass is 275 g/mol. The smallest absolute Gasteiger partial charge is 0.484 e. The minimum Gasteiger partial charge on any atom is -0.484 e. The maximum absolute atomic E-state index is 10.4. The van der Waals surface area contributed by atoms with Crippen molar-refractivity contribution in [2.75, 3.05) is 13.2 Å². The quantitative estimate of drug-likeness (QED) is 0.396. The van der Waals surface area contributed by atoms with Gasteiger partial charge in [0.15, 0.2) is 0 Å². The van der Waals surface area contributed by atoms with E-state index in [-0.39, 0.29) is 21.7 Å². The number of carbonyl (C=O) groups is 2.